The van der Waals surface area contributed by atoms with Crippen LogP contribution in [0.4, 0.5) is 16.0 Å². The van der Waals surface area contributed by atoms with Gasteiger partial charge in [-0.3, -0.25) is 0 Å². The van der Waals surface area contributed by atoms with Crippen molar-refractivity contribution in [1.29, 1.82) is 0 Å². The minimum atomic E-state index is -0.425. The van der Waals surface area contributed by atoms with Gasteiger partial charge in [-0.2, -0.15) is 0 Å². The second-order valence-electron chi connectivity index (χ2n) is 8.18. The summed E-state index contributed by atoms with van der Waals surface area (Å²) in [5.74, 6) is 1.05. The molecule has 1 saturated carbocycles. The first-order valence-corrected chi connectivity index (χ1v) is 10.7. The summed E-state index contributed by atoms with van der Waals surface area (Å²) in [4.78, 5) is 28.7. The van der Waals surface area contributed by atoms with Crippen LogP contribution in [0.15, 0.2) is 31.1 Å². The van der Waals surface area contributed by atoms with Crippen molar-refractivity contribution in [3.05, 3.63) is 48.3 Å². The molecular formula is C22H24FN9. The molecule has 1 aliphatic rings. The maximum Gasteiger partial charge on any atom is 0.186 e. The topological polar surface area (TPSA) is 117 Å². The van der Waals surface area contributed by atoms with Crippen LogP contribution in [0.25, 0.3) is 22.4 Å². The second kappa shape index (κ2) is 8.45. The third-order valence-corrected chi connectivity index (χ3v) is 5.78. The molecule has 4 heterocycles. The van der Waals surface area contributed by atoms with Gasteiger partial charge in [0, 0.05) is 47.2 Å². The van der Waals surface area contributed by atoms with Crippen LogP contribution in [0, 0.1) is 19.7 Å². The zero-order valence-electron chi connectivity index (χ0n) is 17.9. The molecule has 0 saturated heterocycles. The highest BCUT2D eigenvalue weighted by Crippen LogP contribution is 2.29. The highest BCUT2D eigenvalue weighted by atomic mass is 19.1. The van der Waals surface area contributed by atoms with E-state index >= 15 is 0 Å². The number of H-pyrrole nitrogens is 1. The fraction of sp³-hybridized carbons (Fsp3) is 0.364. The molecule has 0 radical (unpaired) electrons. The molecule has 1 fully saturated rings. The van der Waals surface area contributed by atoms with Crippen molar-refractivity contribution >= 4 is 22.7 Å². The summed E-state index contributed by atoms with van der Waals surface area (Å²) in [7, 11) is 0. The Balaban J connectivity index is 1.36. The van der Waals surface area contributed by atoms with E-state index in [4.69, 9.17) is 0 Å². The SMILES string of the molecule is Cc1cc(N[C@@H]2CCC[C@H](Nc3nc(-c4c[nH]c5ncncc45)nc(C)c3F)C2)ncn1. The Morgan fingerprint density at radius 1 is 1.03 bits per heavy atom. The lowest BCUT2D eigenvalue weighted by Gasteiger charge is -2.31. The fourth-order valence-corrected chi connectivity index (χ4v) is 4.21. The molecule has 0 spiro atoms. The maximum atomic E-state index is 14.9. The molecule has 0 unspecified atom stereocenters. The number of anilines is 2. The number of hydrogen-bond acceptors (Lipinski definition) is 8. The van der Waals surface area contributed by atoms with Gasteiger partial charge in [-0.05, 0) is 39.5 Å². The number of aromatic amines is 1. The third kappa shape index (κ3) is 4.08. The standard InChI is InChI=1S/C22H24FN9/c1-12-6-18(27-11-26-12)30-14-4-3-5-15(7-14)31-22-19(23)13(2)29-21(32-22)17-9-25-20-16(17)8-24-10-28-20/h6,8-11,14-15H,3-5,7H2,1-2H3,(H,24,25,28)(H,26,27,30)(H,29,31,32)/t14-,15+/m1/s1. The lowest BCUT2D eigenvalue weighted by atomic mass is 9.91. The van der Waals surface area contributed by atoms with E-state index in [2.05, 4.69) is 45.5 Å². The van der Waals surface area contributed by atoms with Gasteiger partial charge < -0.3 is 15.6 Å². The number of hydrogen-bond donors (Lipinski definition) is 3. The number of rotatable bonds is 5. The molecule has 164 valence electrons. The molecule has 3 N–H and O–H groups in total. The van der Waals surface area contributed by atoms with Crippen molar-refractivity contribution in [2.24, 2.45) is 0 Å². The first-order valence-electron chi connectivity index (χ1n) is 10.7. The molecule has 2 atom stereocenters. The zero-order chi connectivity index (χ0) is 22.1. The van der Waals surface area contributed by atoms with Crippen molar-refractivity contribution in [2.75, 3.05) is 10.6 Å². The van der Waals surface area contributed by atoms with Crippen molar-refractivity contribution in [2.45, 2.75) is 51.6 Å². The van der Waals surface area contributed by atoms with E-state index in [1.807, 2.05) is 13.0 Å². The van der Waals surface area contributed by atoms with E-state index in [9.17, 15) is 4.39 Å². The van der Waals surface area contributed by atoms with Gasteiger partial charge in [0.25, 0.3) is 0 Å². The second-order valence-corrected chi connectivity index (χ2v) is 8.18. The molecule has 0 bridgehead atoms. The Kier molecular flexibility index (Phi) is 5.34. The molecule has 5 rings (SSSR count). The zero-order valence-corrected chi connectivity index (χ0v) is 17.9. The molecule has 0 aliphatic heterocycles. The smallest absolute Gasteiger partial charge is 0.186 e. The van der Waals surface area contributed by atoms with Crippen molar-refractivity contribution in [3.8, 4) is 11.4 Å². The van der Waals surface area contributed by atoms with E-state index in [0.29, 0.717) is 17.2 Å². The Hall–Kier alpha value is -3.69. The van der Waals surface area contributed by atoms with E-state index in [1.165, 1.54) is 6.33 Å². The Morgan fingerprint density at radius 3 is 2.72 bits per heavy atom. The minimum absolute atomic E-state index is 0.0899. The summed E-state index contributed by atoms with van der Waals surface area (Å²) >= 11 is 0. The predicted octanol–water partition coefficient (Wildman–Crippen LogP) is 3.80. The molecule has 4 aromatic heterocycles. The molecule has 9 nitrogen and oxygen atoms in total. The van der Waals surface area contributed by atoms with Crippen LogP contribution in [-0.2, 0) is 0 Å². The molecule has 0 amide bonds. The average Bonchev–Trinajstić information content (AvgIpc) is 3.21. The van der Waals surface area contributed by atoms with E-state index in [0.717, 1.165) is 48.1 Å². The van der Waals surface area contributed by atoms with Gasteiger partial charge in [-0.15, -0.1) is 0 Å². The summed E-state index contributed by atoms with van der Waals surface area (Å²) in [5.41, 5.74) is 2.65. The molecule has 1 aliphatic carbocycles. The summed E-state index contributed by atoms with van der Waals surface area (Å²) in [6.45, 7) is 3.59. The lowest BCUT2D eigenvalue weighted by Crippen LogP contribution is -2.35. The highest BCUT2D eigenvalue weighted by molar-refractivity contribution is 5.91. The molecule has 10 heteroatoms. The quantitative estimate of drug-likeness (QED) is 0.435. The van der Waals surface area contributed by atoms with Gasteiger partial charge in [0.15, 0.2) is 17.5 Å². The van der Waals surface area contributed by atoms with Gasteiger partial charge >= 0.3 is 0 Å². The molecule has 4 aromatic rings. The normalized spacial score (nSPS) is 18.6. The number of aromatic nitrogens is 7. The van der Waals surface area contributed by atoms with Gasteiger partial charge in [0.05, 0.1) is 5.69 Å². The number of nitrogens with zero attached hydrogens (tertiary/aromatic N) is 6. The van der Waals surface area contributed by atoms with Crippen molar-refractivity contribution < 1.29 is 4.39 Å². The lowest BCUT2D eigenvalue weighted by molar-refractivity contribution is 0.424. The van der Waals surface area contributed by atoms with Gasteiger partial charge in [0.1, 0.15) is 24.1 Å². The number of nitrogens with one attached hydrogen (secondary N) is 3. The number of aryl methyl sites for hydroxylation is 2. The maximum absolute atomic E-state index is 14.9. The molecule has 0 aromatic carbocycles. The van der Waals surface area contributed by atoms with Gasteiger partial charge in [-0.1, -0.05) is 0 Å². The summed E-state index contributed by atoms with van der Waals surface area (Å²) in [5, 5.41) is 7.61. The monoisotopic (exact) mass is 433 g/mol. The van der Waals surface area contributed by atoms with Crippen molar-refractivity contribution in [3.63, 3.8) is 0 Å². The first-order chi connectivity index (χ1) is 15.6. The summed E-state index contributed by atoms with van der Waals surface area (Å²) in [6.07, 6.45) is 10.4. The van der Waals surface area contributed by atoms with Crippen LogP contribution in [0.1, 0.15) is 37.1 Å². The highest BCUT2D eigenvalue weighted by Gasteiger charge is 2.25. The van der Waals surface area contributed by atoms with E-state index < -0.39 is 5.82 Å². The summed E-state index contributed by atoms with van der Waals surface area (Å²) in [6, 6.07) is 2.26. The average molecular weight is 433 g/mol. The van der Waals surface area contributed by atoms with Gasteiger partial charge in [0.2, 0.25) is 0 Å². The van der Waals surface area contributed by atoms with Crippen LogP contribution < -0.4 is 10.6 Å². The van der Waals surface area contributed by atoms with Crippen LogP contribution >= 0.6 is 0 Å². The van der Waals surface area contributed by atoms with Gasteiger partial charge in [-0.25, -0.2) is 34.3 Å². The Morgan fingerprint density at radius 2 is 1.88 bits per heavy atom. The largest absolute Gasteiger partial charge is 0.367 e. The van der Waals surface area contributed by atoms with E-state index in [-0.39, 0.29) is 17.9 Å². The Bertz CT molecular complexity index is 1260. The van der Waals surface area contributed by atoms with Crippen LogP contribution in [0.3, 0.4) is 0 Å². The minimum Gasteiger partial charge on any atom is -0.367 e. The van der Waals surface area contributed by atoms with E-state index in [1.54, 1.807) is 25.6 Å². The summed E-state index contributed by atoms with van der Waals surface area (Å²) < 4.78 is 14.9. The van der Waals surface area contributed by atoms with Crippen molar-refractivity contribution in [1.82, 2.24) is 34.9 Å². The number of halogens is 1. The first kappa shape index (κ1) is 20.2. The Labute approximate surface area is 184 Å². The van der Waals surface area contributed by atoms with Crippen LogP contribution in [0.5, 0.6) is 0 Å². The molecular weight excluding hydrogens is 409 g/mol. The third-order valence-electron chi connectivity index (χ3n) is 5.78. The molecule has 32 heavy (non-hydrogen) atoms. The van der Waals surface area contributed by atoms with Crippen LogP contribution in [-0.4, -0.2) is 47.0 Å². The predicted molar refractivity (Wildman–Crippen MR) is 120 cm³/mol. The van der Waals surface area contributed by atoms with Crippen LogP contribution in [0.2, 0.25) is 0 Å². The fourth-order valence-electron chi connectivity index (χ4n) is 4.21. The number of fused-ring (bicyclic) bond motifs is 1.